The topological polar surface area (TPSA) is 113 Å². The molecule has 0 saturated carbocycles. The van der Waals surface area contributed by atoms with E-state index in [4.69, 9.17) is 14.6 Å². The molecule has 7 nitrogen and oxygen atoms in total. The lowest BCUT2D eigenvalue weighted by atomic mass is 10.1. The van der Waals surface area contributed by atoms with Crippen LogP contribution in [0.2, 0.25) is 0 Å². The molecule has 2 aromatic carbocycles. The molecule has 144 valence electrons. The van der Waals surface area contributed by atoms with Gasteiger partial charge in [0.15, 0.2) is 6.61 Å². The number of sulfonamides is 1. The van der Waals surface area contributed by atoms with E-state index in [-0.39, 0.29) is 22.6 Å². The summed E-state index contributed by atoms with van der Waals surface area (Å²) in [6.45, 7) is -0.539. The minimum absolute atomic E-state index is 0.0103. The fourth-order valence-electron chi connectivity index (χ4n) is 2.29. The van der Waals surface area contributed by atoms with E-state index in [1.54, 1.807) is 0 Å². The number of hydrogen-bond donors (Lipinski definition) is 1. The summed E-state index contributed by atoms with van der Waals surface area (Å²) < 4.78 is 45.6. The van der Waals surface area contributed by atoms with Crippen LogP contribution in [-0.4, -0.2) is 33.9 Å². The monoisotopic (exact) mass is 395 g/mol. The van der Waals surface area contributed by atoms with Gasteiger partial charge < -0.3 is 9.47 Å². The lowest BCUT2D eigenvalue weighted by Gasteiger charge is -2.08. The fourth-order valence-corrected chi connectivity index (χ4v) is 2.80. The van der Waals surface area contributed by atoms with E-state index in [1.807, 2.05) is 0 Å². The van der Waals surface area contributed by atoms with Gasteiger partial charge in [0.25, 0.3) is 0 Å². The van der Waals surface area contributed by atoms with Gasteiger partial charge in [-0.25, -0.2) is 17.9 Å². The molecule has 0 radical (unpaired) electrons. The number of hydrogen-bond acceptors (Lipinski definition) is 6. The zero-order valence-corrected chi connectivity index (χ0v) is 15.3. The van der Waals surface area contributed by atoms with Gasteiger partial charge in [-0.2, -0.15) is 0 Å². The van der Waals surface area contributed by atoms with Gasteiger partial charge in [0.2, 0.25) is 15.8 Å². The highest BCUT2D eigenvalue weighted by Gasteiger charge is 2.16. The summed E-state index contributed by atoms with van der Waals surface area (Å²) in [6, 6.07) is 9.25. The highest BCUT2D eigenvalue weighted by atomic mass is 32.2. The number of ether oxygens (including phenoxy) is 2. The van der Waals surface area contributed by atoms with Crippen LogP contribution in [0.5, 0.6) is 5.75 Å². The van der Waals surface area contributed by atoms with Crippen molar-refractivity contribution in [3.63, 3.8) is 0 Å². The first-order valence-corrected chi connectivity index (χ1v) is 9.39. The van der Waals surface area contributed by atoms with Crippen LogP contribution in [0.3, 0.4) is 0 Å². The average molecular weight is 395 g/mol. The second-order valence-electron chi connectivity index (χ2n) is 5.62. The molecular weight excluding hydrogens is 377 g/mol. The van der Waals surface area contributed by atoms with Gasteiger partial charge in [0, 0.05) is 6.42 Å². The summed E-state index contributed by atoms with van der Waals surface area (Å²) in [4.78, 5) is 23.9. The molecule has 27 heavy (non-hydrogen) atoms. The number of benzene rings is 2. The van der Waals surface area contributed by atoms with Gasteiger partial charge in [-0.3, -0.25) is 9.59 Å². The second kappa shape index (κ2) is 8.74. The van der Waals surface area contributed by atoms with Crippen molar-refractivity contribution in [2.24, 2.45) is 5.14 Å². The highest BCUT2D eigenvalue weighted by Crippen LogP contribution is 2.20. The Morgan fingerprint density at radius 2 is 1.78 bits per heavy atom. The third-order valence-electron chi connectivity index (χ3n) is 3.70. The lowest BCUT2D eigenvalue weighted by molar-refractivity contribution is -0.142. The Bertz CT molecular complexity index is 941. The Hall–Kier alpha value is -2.78. The summed E-state index contributed by atoms with van der Waals surface area (Å²) in [5.41, 5.74) is 0.696. The van der Waals surface area contributed by atoms with Gasteiger partial charge >= 0.3 is 5.97 Å². The molecule has 2 aromatic rings. The molecule has 0 aliphatic rings. The van der Waals surface area contributed by atoms with E-state index in [9.17, 15) is 22.4 Å². The molecular formula is C18H18FNO6S. The summed E-state index contributed by atoms with van der Waals surface area (Å²) in [7, 11) is -2.43. The minimum Gasteiger partial charge on any atom is -0.496 e. The van der Waals surface area contributed by atoms with Crippen molar-refractivity contribution in [1.29, 1.82) is 0 Å². The zero-order valence-electron chi connectivity index (χ0n) is 14.5. The lowest BCUT2D eigenvalue weighted by Crippen LogP contribution is -2.15. The Labute approximate surface area is 155 Å². The number of methoxy groups -OCH3 is 1. The summed E-state index contributed by atoms with van der Waals surface area (Å²) in [5.74, 6) is -1.62. The predicted molar refractivity (Wildman–Crippen MR) is 94.4 cm³/mol. The largest absolute Gasteiger partial charge is 0.496 e. The number of carbonyl (C=O) groups is 2. The quantitative estimate of drug-likeness (QED) is 0.539. The Kier molecular flexibility index (Phi) is 6.65. The number of carbonyl (C=O) groups excluding carboxylic acids is 2. The van der Waals surface area contributed by atoms with Crippen molar-refractivity contribution < 1.29 is 31.9 Å². The normalized spacial score (nSPS) is 11.1. The number of aryl methyl sites for hydroxylation is 1. The Morgan fingerprint density at radius 3 is 2.37 bits per heavy atom. The smallest absolute Gasteiger partial charge is 0.306 e. The van der Waals surface area contributed by atoms with Crippen molar-refractivity contribution in [3.05, 3.63) is 59.4 Å². The number of Topliss-reactive ketones (excluding diaryl/α,β-unsaturated/α-hetero) is 1. The maximum Gasteiger partial charge on any atom is 0.306 e. The van der Waals surface area contributed by atoms with Crippen molar-refractivity contribution in [2.75, 3.05) is 13.7 Å². The number of halogens is 1. The van der Waals surface area contributed by atoms with Gasteiger partial charge in [0.1, 0.15) is 11.6 Å². The second-order valence-corrected chi connectivity index (χ2v) is 7.18. The van der Waals surface area contributed by atoms with E-state index in [1.165, 1.54) is 37.4 Å². The van der Waals surface area contributed by atoms with Crippen molar-refractivity contribution in [1.82, 2.24) is 0 Å². The summed E-state index contributed by atoms with van der Waals surface area (Å²) >= 11 is 0. The Morgan fingerprint density at radius 1 is 1.11 bits per heavy atom. The molecule has 0 aromatic heterocycles. The van der Waals surface area contributed by atoms with Crippen LogP contribution in [0.15, 0.2) is 47.4 Å². The van der Waals surface area contributed by atoms with Crippen LogP contribution in [0.25, 0.3) is 0 Å². The van der Waals surface area contributed by atoms with Crippen LogP contribution in [-0.2, 0) is 26.0 Å². The third kappa shape index (κ3) is 5.87. The first kappa shape index (κ1) is 20.5. The van der Waals surface area contributed by atoms with E-state index in [0.29, 0.717) is 12.0 Å². The first-order chi connectivity index (χ1) is 12.7. The molecule has 0 atom stereocenters. The molecule has 0 aliphatic heterocycles. The summed E-state index contributed by atoms with van der Waals surface area (Å²) in [5, 5.41) is 5.01. The maximum absolute atomic E-state index is 13.3. The van der Waals surface area contributed by atoms with Gasteiger partial charge in [0.05, 0.1) is 17.6 Å². The molecule has 0 spiro atoms. The Balaban J connectivity index is 1.88. The van der Waals surface area contributed by atoms with Crippen LogP contribution in [0.1, 0.15) is 22.3 Å². The van der Waals surface area contributed by atoms with Crippen molar-refractivity contribution >= 4 is 21.8 Å². The van der Waals surface area contributed by atoms with Crippen LogP contribution in [0, 0.1) is 5.82 Å². The van der Waals surface area contributed by atoms with E-state index < -0.39 is 34.2 Å². The fraction of sp³-hybridized carbons (Fsp3) is 0.222. The van der Waals surface area contributed by atoms with Gasteiger partial charge in [-0.05, 0) is 42.3 Å². The van der Waals surface area contributed by atoms with Crippen molar-refractivity contribution in [3.8, 4) is 5.75 Å². The molecule has 2 N–H and O–H groups in total. The third-order valence-corrected chi connectivity index (χ3v) is 4.63. The van der Waals surface area contributed by atoms with E-state index in [0.717, 1.165) is 12.1 Å². The van der Waals surface area contributed by atoms with Crippen LogP contribution < -0.4 is 9.88 Å². The van der Waals surface area contributed by atoms with E-state index in [2.05, 4.69) is 0 Å². The van der Waals surface area contributed by atoms with Crippen LogP contribution >= 0.6 is 0 Å². The molecule has 0 aliphatic carbocycles. The molecule has 0 unspecified atom stereocenters. The van der Waals surface area contributed by atoms with E-state index >= 15 is 0 Å². The average Bonchev–Trinajstić information content (AvgIpc) is 2.64. The van der Waals surface area contributed by atoms with Crippen LogP contribution in [0.4, 0.5) is 4.39 Å². The molecule has 9 heteroatoms. The molecule has 0 heterocycles. The molecule has 0 amide bonds. The standard InChI is InChI=1S/C18H18FNO6S/c1-25-17-8-5-13(19)10-15(17)16(21)11-26-18(22)9-4-12-2-6-14(7-3-12)27(20,23)24/h2-3,5-8,10H,4,9,11H2,1H3,(H2,20,23,24). The number of primary sulfonamides is 1. The maximum atomic E-state index is 13.3. The molecule has 0 bridgehead atoms. The number of esters is 1. The molecule has 2 rings (SSSR count). The zero-order chi connectivity index (χ0) is 20.0. The predicted octanol–water partition coefficient (Wildman–Crippen LogP) is 1.84. The summed E-state index contributed by atoms with van der Waals surface area (Å²) in [6.07, 6.45) is 0.281. The number of ketones is 1. The van der Waals surface area contributed by atoms with Crippen molar-refractivity contribution in [2.45, 2.75) is 17.7 Å². The molecule has 0 saturated heterocycles. The SMILES string of the molecule is COc1ccc(F)cc1C(=O)COC(=O)CCc1ccc(S(N)(=O)=O)cc1. The van der Waals surface area contributed by atoms with Gasteiger partial charge in [-0.15, -0.1) is 0 Å². The highest BCUT2D eigenvalue weighted by molar-refractivity contribution is 7.89. The molecule has 0 fully saturated rings. The number of rotatable bonds is 8. The number of nitrogens with two attached hydrogens (primary N) is 1. The minimum atomic E-state index is -3.77. The first-order valence-electron chi connectivity index (χ1n) is 7.85. The van der Waals surface area contributed by atoms with Gasteiger partial charge in [-0.1, -0.05) is 12.1 Å².